The zero-order valence-electron chi connectivity index (χ0n) is 10.1. The van der Waals surface area contributed by atoms with E-state index in [-0.39, 0.29) is 18.8 Å². The predicted octanol–water partition coefficient (Wildman–Crippen LogP) is 0.810. The minimum absolute atomic E-state index is 0.0458. The van der Waals surface area contributed by atoms with E-state index in [1.165, 1.54) is 4.31 Å². The van der Waals surface area contributed by atoms with Gasteiger partial charge in [0.25, 0.3) is 0 Å². The minimum Gasteiger partial charge on any atom is -0.497 e. The van der Waals surface area contributed by atoms with Crippen LogP contribution in [0.25, 0.3) is 0 Å². The molecule has 0 bridgehead atoms. The molecule has 17 heavy (non-hydrogen) atoms. The number of hydrogen-bond donors (Lipinski definition) is 1. The van der Waals surface area contributed by atoms with Gasteiger partial charge in [0.2, 0.25) is 10.0 Å². The second-order valence-corrected chi connectivity index (χ2v) is 5.64. The molecule has 0 aliphatic heterocycles. The van der Waals surface area contributed by atoms with Gasteiger partial charge in [-0.2, -0.15) is 0 Å². The molecular weight excluding hydrogens is 240 g/mol. The van der Waals surface area contributed by atoms with E-state index in [9.17, 15) is 8.42 Å². The Kier molecular flexibility index (Phi) is 4.77. The molecule has 96 valence electrons. The Morgan fingerprint density at radius 3 is 2.65 bits per heavy atom. The third-order valence-corrected chi connectivity index (χ3v) is 4.17. The fourth-order valence-electron chi connectivity index (χ4n) is 1.47. The lowest BCUT2D eigenvalue weighted by atomic mass is 10.3. The summed E-state index contributed by atoms with van der Waals surface area (Å²) in [7, 11) is -1.76. The lowest BCUT2D eigenvalue weighted by Crippen LogP contribution is -2.36. The Morgan fingerprint density at radius 1 is 1.41 bits per heavy atom. The quantitative estimate of drug-likeness (QED) is 0.819. The van der Waals surface area contributed by atoms with Crippen molar-refractivity contribution in [3.05, 3.63) is 24.3 Å². The largest absolute Gasteiger partial charge is 0.497 e. The summed E-state index contributed by atoms with van der Waals surface area (Å²) in [6.45, 7) is 2.15. The summed E-state index contributed by atoms with van der Waals surface area (Å²) in [5.74, 6) is 0.667. The first-order valence-corrected chi connectivity index (χ1v) is 7.00. The Balaban J connectivity index is 3.13. The normalized spacial score (nSPS) is 11.2. The Hall–Kier alpha value is -1.27. The van der Waals surface area contributed by atoms with Gasteiger partial charge in [-0.05, 0) is 19.1 Å². The van der Waals surface area contributed by atoms with E-state index in [0.717, 1.165) is 0 Å². The highest BCUT2D eigenvalue weighted by molar-refractivity contribution is 7.92. The van der Waals surface area contributed by atoms with Gasteiger partial charge in [-0.25, -0.2) is 8.42 Å². The van der Waals surface area contributed by atoms with Crippen molar-refractivity contribution in [3.8, 4) is 5.75 Å². The molecule has 0 radical (unpaired) electrons. The molecule has 0 spiro atoms. The van der Waals surface area contributed by atoms with Crippen molar-refractivity contribution >= 4 is 15.7 Å². The maximum Gasteiger partial charge on any atom is 0.234 e. The Bertz CT molecular complexity index is 460. The third-order valence-electron chi connectivity index (χ3n) is 2.37. The molecule has 0 atom stereocenters. The first-order valence-electron chi connectivity index (χ1n) is 5.39. The molecule has 6 heteroatoms. The van der Waals surface area contributed by atoms with E-state index < -0.39 is 10.0 Å². The molecule has 0 aliphatic carbocycles. The van der Waals surface area contributed by atoms with Crippen LogP contribution < -0.4 is 14.8 Å². The molecule has 1 aromatic carbocycles. The highest BCUT2D eigenvalue weighted by atomic mass is 32.2. The number of nitrogens with zero attached hydrogens (tertiary/aromatic N) is 1. The van der Waals surface area contributed by atoms with Crippen molar-refractivity contribution in [1.82, 2.24) is 0 Å². The molecular formula is C11H18N2O3S. The first kappa shape index (κ1) is 13.8. The SMILES string of the molecule is CCS(=O)(=O)N(CCN)c1cccc(OC)c1. The van der Waals surface area contributed by atoms with Gasteiger partial charge in [0.05, 0.1) is 18.6 Å². The predicted molar refractivity (Wildman–Crippen MR) is 68.9 cm³/mol. The maximum absolute atomic E-state index is 11.9. The summed E-state index contributed by atoms with van der Waals surface area (Å²) < 4.78 is 30.2. The summed E-state index contributed by atoms with van der Waals surface area (Å²) in [6.07, 6.45) is 0. The third kappa shape index (κ3) is 3.34. The van der Waals surface area contributed by atoms with Crippen LogP contribution in [0, 0.1) is 0 Å². The first-order chi connectivity index (χ1) is 8.05. The van der Waals surface area contributed by atoms with Crippen molar-refractivity contribution in [2.24, 2.45) is 5.73 Å². The number of sulfonamides is 1. The van der Waals surface area contributed by atoms with Gasteiger partial charge >= 0.3 is 0 Å². The Morgan fingerprint density at radius 2 is 2.12 bits per heavy atom. The van der Waals surface area contributed by atoms with Gasteiger partial charge in [0.15, 0.2) is 0 Å². The summed E-state index contributed by atoms with van der Waals surface area (Å²) in [6, 6.07) is 6.93. The molecule has 0 unspecified atom stereocenters. The molecule has 0 aromatic heterocycles. The van der Waals surface area contributed by atoms with Crippen LogP contribution in [0.15, 0.2) is 24.3 Å². The van der Waals surface area contributed by atoms with Crippen LogP contribution in [-0.4, -0.2) is 34.4 Å². The van der Waals surface area contributed by atoms with Gasteiger partial charge in [-0.15, -0.1) is 0 Å². The average Bonchev–Trinajstić information content (AvgIpc) is 2.35. The van der Waals surface area contributed by atoms with E-state index in [0.29, 0.717) is 11.4 Å². The molecule has 0 amide bonds. The molecule has 1 rings (SSSR count). The number of ether oxygens (including phenoxy) is 1. The molecule has 0 fully saturated rings. The van der Waals surface area contributed by atoms with Gasteiger partial charge in [-0.3, -0.25) is 4.31 Å². The van der Waals surface area contributed by atoms with Crippen molar-refractivity contribution < 1.29 is 13.2 Å². The molecule has 0 heterocycles. The Labute approximate surface area is 102 Å². The number of hydrogen-bond acceptors (Lipinski definition) is 4. The van der Waals surface area contributed by atoms with Crippen LogP contribution >= 0.6 is 0 Å². The van der Waals surface area contributed by atoms with Crippen LogP contribution in [0.3, 0.4) is 0 Å². The fraction of sp³-hybridized carbons (Fsp3) is 0.455. The number of benzene rings is 1. The van der Waals surface area contributed by atoms with Crippen molar-refractivity contribution in [2.75, 3.05) is 30.3 Å². The summed E-state index contributed by atoms with van der Waals surface area (Å²) in [4.78, 5) is 0. The van der Waals surface area contributed by atoms with Gasteiger partial charge in [0.1, 0.15) is 5.75 Å². The molecule has 1 aromatic rings. The van der Waals surface area contributed by atoms with Crippen LogP contribution in [0.2, 0.25) is 0 Å². The highest BCUT2D eigenvalue weighted by Crippen LogP contribution is 2.23. The minimum atomic E-state index is -3.30. The maximum atomic E-state index is 11.9. The smallest absolute Gasteiger partial charge is 0.234 e. The van der Waals surface area contributed by atoms with Gasteiger partial charge < -0.3 is 10.5 Å². The summed E-state index contributed by atoms with van der Waals surface area (Å²) >= 11 is 0. The summed E-state index contributed by atoms with van der Waals surface area (Å²) in [5.41, 5.74) is 6.03. The molecule has 0 saturated carbocycles. The number of nitrogens with two attached hydrogens (primary N) is 1. The standard InChI is InChI=1S/C11H18N2O3S/c1-3-17(14,15)13(8-7-12)10-5-4-6-11(9-10)16-2/h4-6,9H,3,7-8,12H2,1-2H3. The van der Waals surface area contributed by atoms with Gasteiger partial charge in [-0.1, -0.05) is 6.07 Å². The lowest BCUT2D eigenvalue weighted by Gasteiger charge is -2.23. The summed E-state index contributed by atoms with van der Waals surface area (Å²) in [5, 5.41) is 0. The van der Waals surface area contributed by atoms with Crippen molar-refractivity contribution in [3.63, 3.8) is 0 Å². The van der Waals surface area contributed by atoms with Crippen LogP contribution in [0.4, 0.5) is 5.69 Å². The molecule has 0 aliphatic rings. The zero-order chi connectivity index (χ0) is 12.9. The molecule has 5 nitrogen and oxygen atoms in total. The van der Waals surface area contributed by atoms with E-state index >= 15 is 0 Å². The van der Waals surface area contributed by atoms with E-state index in [2.05, 4.69) is 0 Å². The van der Waals surface area contributed by atoms with Crippen LogP contribution in [0.1, 0.15) is 6.92 Å². The van der Waals surface area contributed by atoms with Crippen LogP contribution in [0.5, 0.6) is 5.75 Å². The lowest BCUT2D eigenvalue weighted by molar-refractivity contribution is 0.415. The second-order valence-electron chi connectivity index (χ2n) is 3.46. The van der Waals surface area contributed by atoms with Crippen molar-refractivity contribution in [1.29, 1.82) is 0 Å². The van der Waals surface area contributed by atoms with E-state index in [4.69, 9.17) is 10.5 Å². The topological polar surface area (TPSA) is 72.6 Å². The van der Waals surface area contributed by atoms with E-state index in [1.807, 2.05) is 0 Å². The van der Waals surface area contributed by atoms with Crippen molar-refractivity contribution in [2.45, 2.75) is 6.92 Å². The highest BCUT2D eigenvalue weighted by Gasteiger charge is 2.19. The molecule has 2 N–H and O–H groups in total. The molecule has 0 saturated heterocycles. The fourth-order valence-corrected chi connectivity index (χ4v) is 2.60. The monoisotopic (exact) mass is 258 g/mol. The van der Waals surface area contributed by atoms with Gasteiger partial charge in [0, 0.05) is 19.2 Å². The average molecular weight is 258 g/mol. The zero-order valence-corrected chi connectivity index (χ0v) is 10.9. The number of anilines is 1. The van der Waals surface area contributed by atoms with Crippen LogP contribution in [-0.2, 0) is 10.0 Å². The second kappa shape index (κ2) is 5.88. The number of rotatable bonds is 6. The van der Waals surface area contributed by atoms with E-state index in [1.54, 1.807) is 38.3 Å². The number of methoxy groups -OCH3 is 1.